The second-order valence-corrected chi connectivity index (χ2v) is 7.02. The zero-order valence-electron chi connectivity index (χ0n) is 11.3. The van der Waals surface area contributed by atoms with Gasteiger partial charge in [-0.1, -0.05) is 40.5 Å². The molecule has 0 aliphatic heterocycles. The predicted molar refractivity (Wildman–Crippen MR) is 88.8 cm³/mol. The number of carbonyl (C=O) groups excluding carboxylic acids is 1. The Morgan fingerprint density at radius 3 is 2.95 bits per heavy atom. The van der Waals surface area contributed by atoms with Gasteiger partial charge in [-0.2, -0.15) is 0 Å². The third-order valence-corrected chi connectivity index (χ3v) is 6.06. The number of nitrogens with one attached hydrogen (secondary N) is 1. The number of fused-ring (bicyclic) bond motifs is 1. The molecule has 1 aromatic carbocycles. The Labute approximate surface area is 131 Å². The first-order valence-corrected chi connectivity index (χ1v) is 9.10. The van der Waals surface area contributed by atoms with Gasteiger partial charge in [0.25, 0.3) is 5.91 Å². The number of benzene rings is 1. The van der Waals surface area contributed by atoms with Crippen LogP contribution in [0.3, 0.4) is 0 Å². The van der Waals surface area contributed by atoms with E-state index < -0.39 is 0 Å². The molecule has 4 heteroatoms. The molecular weight excluding hydrogens is 334 g/mol. The summed E-state index contributed by atoms with van der Waals surface area (Å²) >= 11 is 5.22. The van der Waals surface area contributed by atoms with Crippen LogP contribution in [0.5, 0.6) is 0 Å². The molecule has 1 saturated carbocycles. The molecule has 1 N–H and O–H groups in total. The van der Waals surface area contributed by atoms with E-state index in [1.807, 2.05) is 23.6 Å². The molecule has 0 bridgehead atoms. The minimum atomic E-state index is 0.0719. The van der Waals surface area contributed by atoms with Gasteiger partial charge in [0, 0.05) is 27.3 Å². The number of carbonyl (C=O) groups is 1. The fourth-order valence-corrected chi connectivity index (χ4v) is 4.85. The summed E-state index contributed by atoms with van der Waals surface area (Å²) in [6.45, 7) is 0.805. The van der Waals surface area contributed by atoms with Gasteiger partial charge in [0.15, 0.2) is 0 Å². The highest BCUT2D eigenvalue weighted by atomic mass is 79.9. The highest BCUT2D eigenvalue weighted by Gasteiger charge is 2.26. The van der Waals surface area contributed by atoms with E-state index in [-0.39, 0.29) is 5.91 Å². The summed E-state index contributed by atoms with van der Waals surface area (Å²) in [5.41, 5.74) is 0.819. The molecule has 1 aliphatic rings. The van der Waals surface area contributed by atoms with Crippen LogP contribution in [0, 0.1) is 11.8 Å². The standard InChI is InChI=1S/C16H18BrNOS/c17-8-11-4-3-5-12(11)9-18-16(19)14-10-20-15-7-2-1-6-13(14)15/h1-2,6-7,10-12H,3-5,8-9H2,(H,18,19). The van der Waals surface area contributed by atoms with Crippen molar-refractivity contribution in [3.8, 4) is 0 Å². The Morgan fingerprint density at radius 2 is 2.10 bits per heavy atom. The van der Waals surface area contributed by atoms with Gasteiger partial charge in [0.1, 0.15) is 0 Å². The lowest BCUT2D eigenvalue weighted by Gasteiger charge is -2.17. The molecule has 1 fully saturated rings. The molecule has 1 aromatic heterocycles. The first-order chi connectivity index (χ1) is 9.79. The average molecular weight is 352 g/mol. The first-order valence-electron chi connectivity index (χ1n) is 7.10. The van der Waals surface area contributed by atoms with Crippen LogP contribution in [0.1, 0.15) is 29.6 Å². The minimum absolute atomic E-state index is 0.0719. The van der Waals surface area contributed by atoms with Gasteiger partial charge in [0.2, 0.25) is 0 Å². The summed E-state index contributed by atoms with van der Waals surface area (Å²) in [4.78, 5) is 12.4. The first kappa shape index (κ1) is 14.1. The zero-order valence-corrected chi connectivity index (χ0v) is 13.7. The smallest absolute Gasteiger partial charge is 0.252 e. The second kappa shape index (κ2) is 6.27. The quantitative estimate of drug-likeness (QED) is 0.810. The number of hydrogen-bond acceptors (Lipinski definition) is 2. The van der Waals surface area contributed by atoms with E-state index in [9.17, 15) is 4.79 Å². The molecular formula is C16H18BrNOS. The Kier molecular flexibility index (Phi) is 4.41. The summed E-state index contributed by atoms with van der Waals surface area (Å²) in [6, 6.07) is 8.09. The van der Waals surface area contributed by atoms with Crippen LogP contribution in [0.15, 0.2) is 29.6 Å². The van der Waals surface area contributed by atoms with Crippen molar-refractivity contribution in [1.82, 2.24) is 5.32 Å². The van der Waals surface area contributed by atoms with Crippen LogP contribution in [-0.2, 0) is 0 Å². The summed E-state index contributed by atoms with van der Waals surface area (Å²) in [7, 11) is 0. The van der Waals surface area contributed by atoms with Crippen LogP contribution in [-0.4, -0.2) is 17.8 Å². The highest BCUT2D eigenvalue weighted by molar-refractivity contribution is 9.09. The molecule has 2 unspecified atom stereocenters. The normalized spacial score (nSPS) is 22.2. The fraction of sp³-hybridized carbons (Fsp3) is 0.438. The van der Waals surface area contributed by atoms with Gasteiger partial charge in [-0.05, 0) is 30.7 Å². The molecule has 3 rings (SSSR count). The summed E-state index contributed by atoms with van der Waals surface area (Å²) in [5, 5.41) is 7.22. The van der Waals surface area contributed by atoms with Crippen LogP contribution in [0.25, 0.3) is 10.1 Å². The van der Waals surface area contributed by atoms with Gasteiger partial charge >= 0.3 is 0 Å². The van der Waals surface area contributed by atoms with Crippen LogP contribution in [0.4, 0.5) is 0 Å². The van der Waals surface area contributed by atoms with Crippen LogP contribution >= 0.6 is 27.3 Å². The van der Waals surface area contributed by atoms with E-state index in [2.05, 4.69) is 27.3 Å². The van der Waals surface area contributed by atoms with Gasteiger partial charge in [-0.15, -0.1) is 11.3 Å². The number of hydrogen-bond donors (Lipinski definition) is 1. The van der Waals surface area contributed by atoms with Gasteiger partial charge in [-0.25, -0.2) is 0 Å². The maximum absolute atomic E-state index is 12.4. The summed E-state index contributed by atoms with van der Waals surface area (Å²) in [6.07, 6.45) is 3.81. The topological polar surface area (TPSA) is 29.1 Å². The molecule has 2 nitrogen and oxygen atoms in total. The van der Waals surface area contributed by atoms with Crippen molar-refractivity contribution in [2.45, 2.75) is 19.3 Å². The maximum Gasteiger partial charge on any atom is 0.252 e. The third-order valence-electron chi connectivity index (χ3n) is 4.27. The largest absolute Gasteiger partial charge is 0.352 e. The number of thiophene rings is 1. The molecule has 1 aliphatic carbocycles. The molecule has 1 heterocycles. The third kappa shape index (κ3) is 2.77. The predicted octanol–water partition coefficient (Wildman–Crippen LogP) is 4.44. The van der Waals surface area contributed by atoms with E-state index >= 15 is 0 Å². The number of amides is 1. The molecule has 106 valence electrons. The second-order valence-electron chi connectivity index (χ2n) is 5.46. The Hall–Kier alpha value is -0.870. The minimum Gasteiger partial charge on any atom is -0.352 e. The van der Waals surface area contributed by atoms with E-state index in [0.29, 0.717) is 5.92 Å². The van der Waals surface area contributed by atoms with Crippen molar-refractivity contribution in [3.63, 3.8) is 0 Å². The van der Waals surface area contributed by atoms with Gasteiger partial charge in [-0.3, -0.25) is 4.79 Å². The van der Waals surface area contributed by atoms with Gasteiger partial charge in [0.05, 0.1) is 5.56 Å². The Balaban J connectivity index is 1.67. The molecule has 20 heavy (non-hydrogen) atoms. The molecule has 2 atom stereocenters. The van der Waals surface area contributed by atoms with Crippen molar-refractivity contribution in [2.75, 3.05) is 11.9 Å². The number of alkyl halides is 1. The van der Waals surface area contributed by atoms with Crippen molar-refractivity contribution in [2.24, 2.45) is 11.8 Å². The van der Waals surface area contributed by atoms with E-state index in [0.717, 1.165) is 28.7 Å². The summed E-state index contributed by atoms with van der Waals surface area (Å²) < 4.78 is 1.18. The molecule has 2 aromatic rings. The summed E-state index contributed by atoms with van der Waals surface area (Å²) in [5.74, 6) is 1.42. The average Bonchev–Trinajstić information content (AvgIpc) is 3.11. The van der Waals surface area contributed by atoms with Crippen molar-refractivity contribution in [3.05, 3.63) is 35.2 Å². The monoisotopic (exact) mass is 351 g/mol. The van der Waals surface area contributed by atoms with Crippen molar-refractivity contribution >= 4 is 43.3 Å². The zero-order chi connectivity index (χ0) is 13.9. The van der Waals surface area contributed by atoms with E-state index in [1.54, 1.807) is 11.3 Å². The highest BCUT2D eigenvalue weighted by Crippen LogP contribution is 2.32. The lowest BCUT2D eigenvalue weighted by atomic mass is 9.98. The van der Waals surface area contributed by atoms with Gasteiger partial charge < -0.3 is 5.32 Å². The lowest BCUT2D eigenvalue weighted by Crippen LogP contribution is -2.31. The number of rotatable bonds is 4. The molecule has 1 amide bonds. The Morgan fingerprint density at radius 1 is 1.30 bits per heavy atom. The SMILES string of the molecule is O=C(NCC1CCCC1CBr)c1csc2ccccc12. The molecule has 0 spiro atoms. The van der Waals surface area contributed by atoms with E-state index in [4.69, 9.17) is 0 Å². The maximum atomic E-state index is 12.4. The van der Waals surface area contributed by atoms with Crippen molar-refractivity contribution in [1.29, 1.82) is 0 Å². The molecule has 0 saturated heterocycles. The number of halogens is 1. The van der Waals surface area contributed by atoms with E-state index in [1.165, 1.54) is 24.0 Å². The lowest BCUT2D eigenvalue weighted by molar-refractivity contribution is 0.0947. The Bertz CT molecular complexity index is 609. The van der Waals surface area contributed by atoms with Crippen LogP contribution < -0.4 is 5.32 Å². The fourth-order valence-electron chi connectivity index (χ4n) is 3.06. The van der Waals surface area contributed by atoms with Crippen LogP contribution in [0.2, 0.25) is 0 Å². The molecule has 0 radical (unpaired) electrons. The van der Waals surface area contributed by atoms with Crippen molar-refractivity contribution < 1.29 is 4.79 Å².